The second kappa shape index (κ2) is 4.89. The molecule has 0 aliphatic heterocycles. The van der Waals surface area contributed by atoms with E-state index in [0.29, 0.717) is 0 Å². The molecule has 0 bridgehead atoms. The average Bonchev–Trinajstić information content (AvgIpc) is 2.83. The van der Waals surface area contributed by atoms with Gasteiger partial charge in [0.2, 0.25) is 0 Å². The molecule has 1 aliphatic carbocycles. The van der Waals surface area contributed by atoms with E-state index < -0.39 is 0 Å². The molecule has 0 saturated heterocycles. The third-order valence-electron chi connectivity index (χ3n) is 3.70. The van der Waals surface area contributed by atoms with Crippen LogP contribution in [0.5, 0.6) is 5.75 Å². The first-order chi connectivity index (χ1) is 9.65. The zero-order valence-electron chi connectivity index (χ0n) is 11.0. The molecule has 20 heavy (non-hydrogen) atoms. The Morgan fingerprint density at radius 2 is 1.75 bits per heavy atom. The first kappa shape index (κ1) is 12.5. The molecular weight excluding hydrogens is 252 g/mol. The van der Waals surface area contributed by atoms with Crippen LogP contribution in [0.15, 0.2) is 42.5 Å². The summed E-state index contributed by atoms with van der Waals surface area (Å²) in [5.41, 5.74) is 8.59. The van der Waals surface area contributed by atoms with E-state index in [4.69, 9.17) is 5.73 Å². The number of para-hydroxylation sites is 1. The highest BCUT2D eigenvalue weighted by molar-refractivity contribution is 5.98. The molecule has 1 amide bonds. The summed E-state index contributed by atoms with van der Waals surface area (Å²) in [6, 6.07) is 13.0. The normalized spacial score (nSPS) is 14.0. The number of phenols is 1. The van der Waals surface area contributed by atoms with Crippen LogP contribution in [0.25, 0.3) is 0 Å². The molecule has 2 aromatic carbocycles. The number of aromatic hydroxyl groups is 1. The standard InChI is InChI=1S/C16H16N2O2/c17-14-7-3-6-13(15(14)19)16(20)18-12-8-10-4-1-2-5-11(10)9-12/h1-7,12,19H,8-9,17H2,(H,18,20). The highest BCUT2D eigenvalue weighted by Crippen LogP contribution is 2.26. The van der Waals surface area contributed by atoms with Crippen LogP contribution in [0.1, 0.15) is 21.5 Å². The SMILES string of the molecule is Nc1cccc(C(=O)NC2Cc3ccccc3C2)c1O. The summed E-state index contributed by atoms with van der Waals surface area (Å²) in [5, 5.41) is 12.8. The minimum atomic E-state index is -0.285. The number of amides is 1. The van der Waals surface area contributed by atoms with Crippen LogP contribution in [-0.4, -0.2) is 17.1 Å². The molecule has 4 nitrogen and oxygen atoms in total. The van der Waals surface area contributed by atoms with E-state index in [1.54, 1.807) is 18.2 Å². The second-order valence-electron chi connectivity index (χ2n) is 5.09. The number of benzene rings is 2. The van der Waals surface area contributed by atoms with Crippen molar-refractivity contribution in [3.63, 3.8) is 0 Å². The minimum absolute atomic E-state index is 0.0701. The lowest BCUT2D eigenvalue weighted by Crippen LogP contribution is -2.35. The van der Waals surface area contributed by atoms with Crippen molar-refractivity contribution in [1.29, 1.82) is 0 Å². The van der Waals surface area contributed by atoms with Crippen molar-refractivity contribution < 1.29 is 9.90 Å². The molecule has 0 radical (unpaired) electrons. The smallest absolute Gasteiger partial charge is 0.255 e. The maximum Gasteiger partial charge on any atom is 0.255 e. The van der Waals surface area contributed by atoms with E-state index in [2.05, 4.69) is 17.4 Å². The molecule has 0 unspecified atom stereocenters. The summed E-state index contributed by atoms with van der Waals surface area (Å²) < 4.78 is 0. The number of nitrogens with one attached hydrogen (secondary N) is 1. The Bertz CT molecular complexity index is 642. The fraction of sp³-hybridized carbons (Fsp3) is 0.188. The molecular formula is C16H16N2O2. The van der Waals surface area contributed by atoms with Crippen molar-refractivity contribution in [3.05, 3.63) is 59.2 Å². The number of hydrogen-bond donors (Lipinski definition) is 3. The zero-order chi connectivity index (χ0) is 14.1. The molecule has 4 heteroatoms. The number of rotatable bonds is 2. The molecule has 0 heterocycles. The Morgan fingerprint density at radius 1 is 1.10 bits per heavy atom. The van der Waals surface area contributed by atoms with Gasteiger partial charge in [-0.3, -0.25) is 4.79 Å². The summed E-state index contributed by atoms with van der Waals surface area (Å²) >= 11 is 0. The lowest BCUT2D eigenvalue weighted by molar-refractivity contribution is 0.0936. The monoisotopic (exact) mass is 268 g/mol. The number of fused-ring (bicyclic) bond motifs is 1. The van der Waals surface area contributed by atoms with Gasteiger partial charge in [-0.2, -0.15) is 0 Å². The van der Waals surface area contributed by atoms with Crippen molar-refractivity contribution in [2.75, 3.05) is 5.73 Å². The molecule has 1 aliphatic rings. The molecule has 102 valence electrons. The van der Waals surface area contributed by atoms with Crippen molar-refractivity contribution in [2.24, 2.45) is 0 Å². The van der Waals surface area contributed by atoms with Gasteiger partial charge in [0.25, 0.3) is 5.91 Å². The van der Waals surface area contributed by atoms with Gasteiger partial charge < -0.3 is 16.2 Å². The minimum Gasteiger partial charge on any atom is -0.505 e. The van der Waals surface area contributed by atoms with Crippen molar-refractivity contribution in [3.8, 4) is 5.75 Å². The van der Waals surface area contributed by atoms with Crippen LogP contribution < -0.4 is 11.1 Å². The number of phenolic OH excluding ortho intramolecular Hbond substituents is 1. The van der Waals surface area contributed by atoms with E-state index in [9.17, 15) is 9.90 Å². The lowest BCUT2D eigenvalue weighted by atomic mass is 10.1. The van der Waals surface area contributed by atoms with Crippen LogP contribution in [-0.2, 0) is 12.8 Å². The first-order valence-electron chi connectivity index (χ1n) is 6.60. The largest absolute Gasteiger partial charge is 0.505 e. The third kappa shape index (κ3) is 2.20. The Morgan fingerprint density at radius 3 is 2.40 bits per heavy atom. The predicted octanol–water partition coefficient (Wildman–Crippen LogP) is 1.87. The Hall–Kier alpha value is -2.49. The van der Waals surface area contributed by atoms with Gasteiger partial charge in [0.1, 0.15) is 0 Å². The van der Waals surface area contributed by atoms with Gasteiger partial charge in [0, 0.05) is 6.04 Å². The second-order valence-corrected chi connectivity index (χ2v) is 5.09. The van der Waals surface area contributed by atoms with E-state index in [0.717, 1.165) is 12.8 Å². The van der Waals surface area contributed by atoms with Crippen LogP contribution in [0.3, 0.4) is 0 Å². The molecule has 0 aromatic heterocycles. The number of carbonyl (C=O) groups excluding carboxylic acids is 1. The van der Waals surface area contributed by atoms with Crippen LogP contribution in [0.4, 0.5) is 5.69 Å². The third-order valence-corrected chi connectivity index (χ3v) is 3.70. The molecule has 0 fully saturated rings. The van der Waals surface area contributed by atoms with Crippen molar-refractivity contribution in [1.82, 2.24) is 5.32 Å². The van der Waals surface area contributed by atoms with Gasteiger partial charge >= 0.3 is 0 Å². The van der Waals surface area contributed by atoms with Gasteiger partial charge in [-0.05, 0) is 36.1 Å². The van der Waals surface area contributed by atoms with E-state index in [1.807, 2.05) is 12.1 Å². The number of hydrogen-bond acceptors (Lipinski definition) is 3. The van der Waals surface area contributed by atoms with Gasteiger partial charge in [-0.25, -0.2) is 0 Å². The topological polar surface area (TPSA) is 75.4 Å². The van der Waals surface area contributed by atoms with Gasteiger partial charge in [0.15, 0.2) is 5.75 Å². The summed E-state index contributed by atoms with van der Waals surface area (Å²) in [7, 11) is 0. The predicted molar refractivity (Wildman–Crippen MR) is 77.6 cm³/mol. The Labute approximate surface area is 117 Å². The number of nitrogen functional groups attached to an aromatic ring is 1. The molecule has 3 rings (SSSR count). The van der Waals surface area contributed by atoms with Gasteiger partial charge in [0.05, 0.1) is 11.3 Å². The zero-order valence-corrected chi connectivity index (χ0v) is 11.0. The van der Waals surface area contributed by atoms with E-state index >= 15 is 0 Å². The van der Waals surface area contributed by atoms with Crippen LogP contribution >= 0.6 is 0 Å². The van der Waals surface area contributed by atoms with Crippen LogP contribution in [0.2, 0.25) is 0 Å². The van der Waals surface area contributed by atoms with Gasteiger partial charge in [-0.1, -0.05) is 30.3 Å². The Kier molecular flexibility index (Phi) is 3.06. The maximum absolute atomic E-state index is 12.2. The summed E-state index contributed by atoms with van der Waals surface area (Å²) in [6.07, 6.45) is 1.65. The fourth-order valence-electron chi connectivity index (χ4n) is 2.67. The fourth-order valence-corrected chi connectivity index (χ4v) is 2.67. The number of anilines is 1. The van der Waals surface area contributed by atoms with E-state index in [1.165, 1.54) is 11.1 Å². The molecule has 0 spiro atoms. The van der Waals surface area contributed by atoms with Crippen molar-refractivity contribution in [2.45, 2.75) is 18.9 Å². The summed E-state index contributed by atoms with van der Waals surface area (Å²) in [4.78, 5) is 12.2. The van der Waals surface area contributed by atoms with Gasteiger partial charge in [-0.15, -0.1) is 0 Å². The van der Waals surface area contributed by atoms with E-state index in [-0.39, 0.29) is 28.9 Å². The summed E-state index contributed by atoms with van der Waals surface area (Å²) in [5.74, 6) is -0.437. The first-order valence-corrected chi connectivity index (χ1v) is 6.60. The summed E-state index contributed by atoms with van der Waals surface area (Å²) in [6.45, 7) is 0. The quantitative estimate of drug-likeness (QED) is 0.575. The molecule has 0 atom stereocenters. The number of nitrogens with two attached hydrogens (primary N) is 1. The molecule has 0 saturated carbocycles. The molecule has 4 N–H and O–H groups in total. The average molecular weight is 268 g/mol. The Balaban J connectivity index is 1.74. The maximum atomic E-state index is 12.2. The van der Waals surface area contributed by atoms with Crippen LogP contribution in [0, 0.1) is 0 Å². The lowest BCUT2D eigenvalue weighted by Gasteiger charge is -2.13. The van der Waals surface area contributed by atoms with Crippen molar-refractivity contribution >= 4 is 11.6 Å². The highest BCUT2D eigenvalue weighted by atomic mass is 16.3. The molecule has 2 aromatic rings. The number of carbonyl (C=O) groups is 1. The highest BCUT2D eigenvalue weighted by Gasteiger charge is 2.23.